The van der Waals surface area contributed by atoms with Crippen molar-refractivity contribution in [1.29, 1.82) is 0 Å². The van der Waals surface area contributed by atoms with Crippen LogP contribution in [0.25, 0.3) is 11.0 Å². The van der Waals surface area contributed by atoms with E-state index in [0.717, 1.165) is 25.7 Å². The molecule has 0 fully saturated rings. The minimum absolute atomic E-state index is 0.177. The molecule has 9 nitrogen and oxygen atoms in total. The van der Waals surface area contributed by atoms with Gasteiger partial charge < -0.3 is 9.94 Å². The summed E-state index contributed by atoms with van der Waals surface area (Å²) >= 11 is 0. The van der Waals surface area contributed by atoms with E-state index in [4.69, 9.17) is 9.94 Å². The van der Waals surface area contributed by atoms with Gasteiger partial charge in [0.15, 0.2) is 0 Å². The van der Waals surface area contributed by atoms with Crippen LogP contribution in [0, 0.1) is 5.21 Å². The maximum absolute atomic E-state index is 11.9. The fraction of sp³-hybridized carbons (Fsp3) is 0.467. The smallest absolute Gasteiger partial charge is 0.338 e. The Hall–Kier alpha value is -2.68. The third kappa shape index (κ3) is 4.92. The summed E-state index contributed by atoms with van der Waals surface area (Å²) in [6.07, 6.45) is 4.39. The largest absolute Gasteiger partial charge is 0.462 e. The first-order chi connectivity index (χ1) is 11.6. The zero-order valence-electron chi connectivity index (χ0n) is 13.1. The Morgan fingerprint density at radius 1 is 1.25 bits per heavy atom. The predicted octanol–water partition coefficient (Wildman–Crippen LogP) is 1.46. The van der Waals surface area contributed by atoms with Gasteiger partial charge in [0.05, 0.1) is 12.2 Å². The van der Waals surface area contributed by atoms with Gasteiger partial charge in [-0.2, -0.15) is 0 Å². The molecule has 0 unspecified atom stereocenters. The summed E-state index contributed by atoms with van der Waals surface area (Å²) in [5.41, 5.74) is 2.41. The van der Waals surface area contributed by atoms with Gasteiger partial charge in [0.1, 0.15) is 0 Å². The van der Waals surface area contributed by atoms with Crippen LogP contribution in [0.15, 0.2) is 22.8 Å². The monoisotopic (exact) mass is 337 g/mol. The Kier molecular flexibility index (Phi) is 6.50. The van der Waals surface area contributed by atoms with Crippen molar-refractivity contribution in [2.45, 2.75) is 38.5 Å². The number of hydrogen-bond acceptors (Lipinski definition) is 7. The molecule has 2 N–H and O–H groups in total. The summed E-state index contributed by atoms with van der Waals surface area (Å²) in [5, 5.41) is 23.2. The number of aromatic nitrogens is 2. The quantitative estimate of drug-likeness (QED) is 0.233. The molecule has 0 spiro atoms. The van der Waals surface area contributed by atoms with Gasteiger partial charge in [-0.3, -0.25) is 14.6 Å². The summed E-state index contributed by atoms with van der Waals surface area (Å²) in [6.45, 7) is 0.287. The highest BCUT2D eigenvalue weighted by Crippen LogP contribution is 2.12. The maximum atomic E-state index is 11.9. The van der Waals surface area contributed by atoms with E-state index in [0.29, 0.717) is 18.4 Å². The number of hydrogen-bond donors (Lipinski definition) is 2. The topological polar surface area (TPSA) is 129 Å². The van der Waals surface area contributed by atoms with Crippen LogP contribution in [0.3, 0.4) is 0 Å². The number of carbonyl (C=O) groups is 2. The minimum Gasteiger partial charge on any atom is -0.462 e. The SMILES string of the molecule is O=C(CCCCCCCOC(=O)c1ccc2no[n+]([O-])c2c1)NO. The van der Waals surface area contributed by atoms with Crippen molar-refractivity contribution in [2.75, 3.05) is 6.61 Å². The number of rotatable bonds is 9. The molecule has 130 valence electrons. The molecule has 0 saturated heterocycles. The van der Waals surface area contributed by atoms with Gasteiger partial charge in [-0.15, -0.1) is 0 Å². The number of esters is 1. The number of hydroxylamine groups is 1. The second kappa shape index (κ2) is 8.82. The molecular weight excluding hydrogens is 318 g/mol. The van der Waals surface area contributed by atoms with Gasteiger partial charge in [0, 0.05) is 17.6 Å². The lowest BCUT2D eigenvalue weighted by molar-refractivity contribution is -0.782. The van der Waals surface area contributed by atoms with Crippen molar-refractivity contribution < 1.29 is 29.1 Å². The lowest BCUT2D eigenvalue weighted by atomic mass is 10.1. The first kappa shape index (κ1) is 17.7. The van der Waals surface area contributed by atoms with E-state index in [-0.39, 0.29) is 28.5 Å². The van der Waals surface area contributed by atoms with Crippen LogP contribution >= 0.6 is 0 Å². The molecule has 2 aromatic rings. The summed E-state index contributed by atoms with van der Waals surface area (Å²) in [4.78, 5) is 22.9. The summed E-state index contributed by atoms with van der Waals surface area (Å²) in [7, 11) is 0. The second-order valence-corrected chi connectivity index (χ2v) is 5.32. The highest BCUT2D eigenvalue weighted by molar-refractivity contribution is 5.92. The predicted molar refractivity (Wildman–Crippen MR) is 80.9 cm³/mol. The molecule has 24 heavy (non-hydrogen) atoms. The number of nitrogens with one attached hydrogen (secondary N) is 1. The summed E-state index contributed by atoms with van der Waals surface area (Å²) in [6, 6.07) is 4.43. The first-order valence-electron chi connectivity index (χ1n) is 7.71. The molecule has 0 saturated carbocycles. The number of nitrogens with zero attached hydrogens (tertiary/aromatic N) is 2. The average Bonchev–Trinajstić information content (AvgIpc) is 2.97. The van der Waals surface area contributed by atoms with Gasteiger partial charge in [-0.25, -0.2) is 10.3 Å². The van der Waals surface area contributed by atoms with E-state index in [9.17, 15) is 14.8 Å². The molecule has 0 aliphatic heterocycles. The van der Waals surface area contributed by atoms with Crippen molar-refractivity contribution >= 4 is 22.9 Å². The Balaban J connectivity index is 1.64. The number of fused-ring (bicyclic) bond motifs is 1. The van der Waals surface area contributed by atoms with Gasteiger partial charge in [0.2, 0.25) is 16.9 Å². The highest BCUT2D eigenvalue weighted by atomic mass is 16.8. The minimum atomic E-state index is -0.502. The number of carbonyl (C=O) groups excluding carboxylic acids is 2. The lowest BCUT2D eigenvalue weighted by Gasteiger charge is -2.04. The Morgan fingerprint density at radius 2 is 2.00 bits per heavy atom. The van der Waals surface area contributed by atoms with Gasteiger partial charge >= 0.3 is 5.97 Å². The van der Waals surface area contributed by atoms with Crippen molar-refractivity contribution in [2.24, 2.45) is 0 Å². The van der Waals surface area contributed by atoms with Crippen LogP contribution in [0.4, 0.5) is 0 Å². The molecule has 0 aliphatic carbocycles. The number of unbranched alkanes of at least 4 members (excludes halogenated alkanes) is 4. The Morgan fingerprint density at radius 3 is 2.79 bits per heavy atom. The standard InChI is InChI=1S/C15H19N3O6/c19-14(16-21)6-4-2-1-3-5-9-23-15(20)11-7-8-12-13(10-11)18(22)24-17-12/h7-8,10,21H,1-6,9H2,(H,16,19). The third-order valence-electron chi connectivity index (χ3n) is 3.53. The number of amides is 1. The molecule has 1 heterocycles. The van der Waals surface area contributed by atoms with Crippen molar-refractivity contribution in [3.63, 3.8) is 0 Å². The van der Waals surface area contributed by atoms with Crippen LogP contribution in [0.1, 0.15) is 48.9 Å². The van der Waals surface area contributed by atoms with E-state index >= 15 is 0 Å². The Bertz CT molecular complexity index is 700. The molecule has 1 amide bonds. The molecular formula is C15H19N3O6. The molecule has 1 aromatic carbocycles. The molecule has 0 radical (unpaired) electrons. The van der Waals surface area contributed by atoms with Gasteiger partial charge in [-0.05, 0) is 29.9 Å². The fourth-order valence-electron chi connectivity index (χ4n) is 2.22. The van der Waals surface area contributed by atoms with E-state index in [1.54, 1.807) is 5.48 Å². The lowest BCUT2D eigenvalue weighted by Crippen LogP contribution is -2.22. The van der Waals surface area contributed by atoms with Crippen molar-refractivity contribution in [3.8, 4) is 0 Å². The molecule has 0 atom stereocenters. The zero-order chi connectivity index (χ0) is 17.4. The molecule has 0 bridgehead atoms. The maximum Gasteiger partial charge on any atom is 0.338 e. The average molecular weight is 337 g/mol. The van der Waals surface area contributed by atoms with Crippen LogP contribution in [0.5, 0.6) is 0 Å². The van der Waals surface area contributed by atoms with Gasteiger partial charge in [0.25, 0.3) is 0 Å². The van der Waals surface area contributed by atoms with E-state index in [2.05, 4.69) is 9.79 Å². The highest BCUT2D eigenvalue weighted by Gasteiger charge is 2.14. The number of ether oxygens (including phenoxy) is 1. The van der Waals surface area contributed by atoms with E-state index in [1.807, 2.05) is 0 Å². The molecule has 9 heteroatoms. The van der Waals surface area contributed by atoms with Crippen molar-refractivity contribution in [1.82, 2.24) is 10.6 Å². The van der Waals surface area contributed by atoms with E-state index in [1.165, 1.54) is 18.2 Å². The number of benzene rings is 1. The Labute approximate surface area is 137 Å². The first-order valence-corrected chi connectivity index (χ1v) is 7.71. The zero-order valence-corrected chi connectivity index (χ0v) is 13.1. The normalized spacial score (nSPS) is 10.7. The second-order valence-electron chi connectivity index (χ2n) is 5.32. The molecule has 2 rings (SSSR count). The fourth-order valence-corrected chi connectivity index (χ4v) is 2.22. The molecule has 1 aromatic heterocycles. The van der Waals surface area contributed by atoms with Crippen LogP contribution in [0.2, 0.25) is 0 Å². The third-order valence-corrected chi connectivity index (χ3v) is 3.53. The summed E-state index contributed by atoms with van der Waals surface area (Å²) < 4.78 is 9.59. The molecule has 0 aliphatic rings. The van der Waals surface area contributed by atoms with Crippen LogP contribution < -0.4 is 10.4 Å². The van der Waals surface area contributed by atoms with Crippen molar-refractivity contribution in [3.05, 3.63) is 29.0 Å². The van der Waals surface area contributed by atoms with E-state index < -0.39 is 5.97 Å². The van der Waals surface area contributed by atoms with Crippen LogP contribution in [-0.2, 0) is 9.53 Å². The van der Waals surface area contributed by atoms with Gasteiger partial charge in [-0.1, -0.05) is 19.3 Å². The summed E-state index contributed by atoms with van der Waals surface area (Å²) in [5.74, 6) is -0.883. The van der Waals surface area contributed by atoms with Crippen LogP contribution in [-0.4, -0.2) is 28.8 Å².